The summed E-state index contributed by atoms with van der Waals surface area (Å²) < 4.78 is 0. The quantitative estimate of drug-likeness (QED) is 0.819. The summed E-state index contributed by atoms with van der Waals surface area (Å²) in [5, 5.41) is 12.2. The molecule has 2 nitrogen and oxygen atoms in total. The van der Waals surface area contributed by atoms with Crippen LogP contribution in [0.2, 0.25) is 0 Å². The van der Waals surface area contributed by atoms with E-state index in [0.717, 1.165) is 5.75 Å². The zero-order valence-corrected chi connectivity index (χ0v) is 11.4. The maximum Gasteiger partial charge on any atom is 0.0643 e. The zero-order valence-electron chi connectivity index (χ0n) is 10.6. The fraction of sp³-hybridized carbons (Fsp3) is 0.500. The van der Waals surface area contributed by atoms with Gasteiger partial charge in [-0.25, -0.2) is 0 Å². The highest BCUT2D eigenvalue weighted by Crippen LogP contribution is 2.37. The molecule has 0 fully saturated rings. The normalized spacial score (nSPS) is 19.1. The van der Waals surface area contributed by atoms with Crippen molar-refractivity contribution in [1.29, 1.82) is 5.26 Å². The lowest BCUT2D eigenvalue weighted by Gasteiger charge is -2.27. The number of fused-ring (bicyclic) bond motifs is 1. The fourth-order valence-electron chi connectivity index (χ4n) is 1.90. The van der Waals surface area contributed by atoms with Crippen LogP contribution in [0, 0.1) is 11.3 Å². The molecule has 1 aromatic carbocycles. The van der Waals surface area contributed by atoms with Crippen LogP contribution >= 0.6 is 11.8 Å². The van der Waals surface area contributed by atoms with Gasteiger partial charge in [-0.1, -0.05) is 26.8 Å². The molecule has 0 aromatic heterocycles. The maximum atomic E-state index is 8.72. The van der Waals surface area contributed by atoms with E-state index in [1.807, 2.05) is 11.8 Å². The Hall–Kier alpha value is -1.14. The molecule has 3 heteroatoms. The summed E-state index contributed by atoms with van der Waals surface area (Å²) in [5.41, 5.74) is 2.73. The molecule has 0 aliphatic carbocycles. The van der Waals surface area contributed by atoms with Gasteiger partial charge < -0.3 is 5.32 Å². The second-order valence-corrected chi connectivity index (χ2v) is 6.54. The highest BCUT2D eigenvalue weighted by atomic mass is 32.2. The van der Waals surface area contributed by atoms with Crippen molar-refractivity contribution < 1.29 is 0 Å². The van der Waals surface area contributed by atoms with E-state index in [1.165, 1.54) is 16.1 Å². The molecule has 90 valence electrons. The second-order valence-electron chi connectivity index (χ2n) is 5.48. The minimum Gasteiger partial charge on any atom is -0.380 e. The number of hydrogen-bond acceptors (Lipinski definition) is 3. The van der Waals surface area contributed by atoms with E-state index in [1.54, 1.807) is 0 Å². The Morgan fingerprint density at radius 3 is 2.88 bits per heavy atom. The van der Waals surface area contributed by atoms with E-state index in [0.29, 0.717) is 6.42 Å². The molecular weight excluding hydrogens is 228 g/mol. The Morgan fingerprint density at radius 2 is 2.24 bits per heavy atom. The first-order valence-electron chi connectivity index (χ1n) is 5.91. The van der Waals surface area contributed by atoms with Crippen LogP contribution in [0.1, 0.15) is 32.8 Å². The second kappa shape index (κ2) is 4.62. The van der Waals surface area contributed by atoms with Gasteiger partial charge in [0.05, 0.1) is 12.5 Å². The Balaban J connectivity index is 2.23. The summed E-state index contributed by atoms with van der Waals surface area (Å²) in [5.74, 6) is 0.980. The maximum absolute atomic E-state index is 8.72. The molecule has 0 saturated carbocycles. The smallest absolute Gasteiger partial charge is 0.0643 e. The van der Waals surface area contributed by atoms with Crippen LogP contribution < -0.4 is 5.32 Å². The third-order valence-electron chi connectivity index (χ3n) is 2.98. The number of nitrogens with one attached hydrogen (secondary N) is 1. The van der Waals surface area contributed by atoms with Gasteiger partial charge in [0, 0.05) is 22.4 Å². The SMILES string of the molecule is CC(C)(C)c1ccc2c(c1)SCC(CC#N)N2. The Kier molecular flexibility index (Phi) is 3.35. The Morgan fingerprint density at radius 1 is 1.47 bits per heavy atom. The van der Waals surface area contributed by atoms with Crippen molar-refractivity contribution in [2.24, 2.45) is 0 Å². The van der Waals surface area contributed by atoms with E-state index >= 15 is 0 Å². The van der Waals surface area contributed by atoms with Crippen molar-refractivity contribution >= 4 is 17.4 Å². The van der Waals surface area contributed by atoms with Gasteiger partial charge in [0.25, 0.3) is 0 Å². The first-order chi connectivity index (χ1) is 8.00. The summed E-state index contributed by atoms with van der Waals surface area (Å²) in [6.07, 6.45) is 0.577. The summed E-state index contributed by atoms with van der Waals surface area (Å²) in [4.78, 5) is 1.31. The molecule has 1 heterocycles. The van der Waals surface area contributed by atoms with Crippen molar-refractivity contribution in [3.8, 4) is 6.07 Å². The van der Waals surface area contributed by atoms with Crippen LogP contribution in [-0.4, -0.2) is 11.8 Å². The minimum atomic E-state index is 0.194. The largest absolute Gasteiger partial charge is 0.380 e. The van der Waals surface area contributed by atoms with Crippen LogP contribution in [0.25, 0.3) is 0 Å². The number of hydrogen-bond donors (Lipinski definition) is 1. The van der Waals surface area contributed by atoms with Crippen molar-refractivity contribution in [3.63, 3.8) is 0 Å². The third kappa shape index (κ3) is 2.76. The molecule has 1 aliphatic rings. The van der Waals surface area contributed by atoms with Crippen molar-refractivity contribution in [1.82, 2.24) is 0 Å². The van der Waals surface area contributed by atoms with Crippen molar-refractivity contribution in [3.05, 3.63) is 23.8 Å². The van der Waals surface area contributed by atoms with Crippen LogP contribution in [0.3, 0.4) is 0 Å². The van der Waals surface area contributed by atoms with Gasteiger partial charge in [0.1, 0.15) is 0 Å². The molecule has 1 N–H and O–H groups in total. The van der Waals surface area contributed by atoms with E-state index in [2.05, 4.69) is 50.4 Å². The van der Waals surface area contributed by atoms with E-state index < -0.39 is 0 Å². The average molecular weight is 246 g/mol. The lowest BCUT2D eigenvalue weighted by molar-refractivity contribution is 0.588. The predicted octanol–water partition coefficient (Wildman–Crippen LogP) is 3.78. The molecule has 1 aromatic rings. The zero-order chi connectivity index (χ0) is 12.5. The average Bonchev–Trinajstić information content (AvgIpc) is 2.27. The Labute approximate surface area is 107 Å². The lowest BCUT2D eigenvalue weighted by atomic mass is 9.87. The number of benzene rings is 1. The first-order valence-corrected chi connectivity index (χ1v) is 6.90. The summed E-state index contributed by atoms with van der Waals surface area (Å²) in [6, 6.07) is 9.12. The lowest BCUT2D eigenvalue weighted by Crippen LogP contribution is -2.25. The first kappa shape index (κ1) is 12.3. The molecule has 0 bridgehead atoms. The van der Waals surface area contributed by atoms with Gasteiger partial charge in [0.2, 0.25) is 0 Å². The molecule has 0 radical (unpaired) electrons. The predicted molar refractivity (Wildman–Crippen MR) is 73.5 cm³/mol. The van der Waals surface area contributed by atoms with Gasteiger partial charge in [-0.3, -0.25) is 0 Å². The number of nitrogens with zero attached hydrogens (tertiary/aromatic N) is 1. The Bertz CT molecular complexity index is 454. The van der Waals surface area contributed by atoms with Gasteiger partial charge in [-0.2, -0.15) is 5.26 Å². The van der Waals surface area contributed by atoms with Crippen molar-refractivity contribution in [2.75, 3.05) is 11.1 Å². The molecule has 1 unspecified atom stereocenters. The monoisotopic (exact) mass is 246 g/mol. The number of nitriles is 1. The summed E-state index contributed by atoms with van der Waals surface area (Å²) in [6.45, 7) is 6.69. The minimum absolute atomic E-state index is 0.194. The summed E-state index contributed by atoms with van der Waals surface area (Å²) in [7, 11) is 0. The summed E-state index contributed by atoms with van der Waals surface area (Å²) >= 11 is 1.85. The molecule has 1 atom stereocenters. The molecule has 0 spiro atoms. The third-order valence-corrected chi connectivity index (χ3v) is 4.20. The highest BCUT2D eigenvalue weighted by molar-refractivity contribution is 7.99. The van der Waals surface area contributed by atoms with E-state index in [4.69, 9.17) is 5.26 Å². The van der Waals surface area contributed by atoms with Crippen LogP contribution in [0.5, 0.6) is 0 Å². The van der Waals surface area contributed by atoms with Gasteiger partial charge in [0.15, 0.2) is 0 Å². The standard InChI is InChI=1S/C14H18N2S/c1-14(2,3)10-4-5-12-13(8-10)17-9-11(16-12)6-7-15/h4-5,8,11,16H,6,9H2,1-3H3. The van der Waals surface area contributed by atoms with Gasteiger partial charge in [-0.05, 0) is 23.1 Å². The number of thioether (sulfide) groups is 1. The molecule has 17 heavy (non-hydrogen) atoms. The molecule has 2 rings (SSSR count). The highest BCUT2D eigenvalue weighted by Gasteiger charge is 2.21. The molecule has 0 amide bonds. The van der Waals surface area contributed by atoms with Crippen molar-refractivity contribution in [2.45, 2.75) is 43.5 Å². The van der Waals surface area contributed by atoms with Crippen LogP contribution in [-0.2, 0) is 5.41 Å². The number of anilines is 1. The van der Waals surface area contributed by atoms with Gasteiger partial charge >= 0.3 is 0 Å². The van der Waals surface area contributed by atoms with Crippen LogP contribution in [0.4, 0.5) is 5.69 Å². The molecular formula is C14H18N2S. The molecule has 1 aliphatic heterocycles. The topological polar surface area (TPSA) is 35.8 Å². The van der Waals surface area contributed by atoms with Crippen LogP contribution in [0.15, 0.2) is 23.1 Å². The molecule has 0 saturated heterocycles. The number of rotatable bonds is 1. The van der Waals surface area contributed by atoms with E-state index in [-0.39, 0.29) is 11.5 Å². The van der Waals surface area contributed by atoms with E-state index in [9.17, 15) is 0 Å². The van der Waals surface area contributed by atoms with Gasteiger partial charge in [-0.15, -0.1) is 11.8 Å². The fourth-order valence-corrected chi connectivity index (χ4v) is 2.97.